The van der Waals surface area contributed by atoms with E-state index in [1.54, 1.807) is 0 Å². The van der Waals surface area contributed by atoms with Gasteiger partial charge < -0.3 is 40.9 Å². The first-order valence-electron chi connectivity index (χ1n) is 11.2. The molecule has 36 heavy (non-hydrogen) atoms. The Bertz CT molecular complexity index is 772. The summed E-state index contributed by atoms with van der Waals surface area (Å²) >= 11 is 0. The van der Waals surface area contributed by atoms with Gasteiger partial charge in [0.25, 0.3) is 0 Å². The van der Waals surface area contributed by atoms with Crippen LogP contribution in [0, 0.1) is 49.4 Å². The zero-order valence-corrected chi connectivity index (χ0v) is 20.2. The lowest BCUT2D eigenvalue weighted by Crippen LogP contribution is -2.55. The van der Waals surface area contributed by atoms with Crippen LogP contribution in [-0.2, 0) is 0 Å². The monoisotopic (exact) mass is 496 g/mol. The van der Waals surface area contributed by atoms with Crippen molar-refractivity contribution in [1.29, 1.82) is 0 Å². The SMILES string of the molecule is C#CCNC(=O)N1CCN(C(=O)NCC#C)CCN(C(=O)NCC#C)CCN(C(=O)NCC#C)CC1. The van der Waals surface area contributed by atoms with Crippen LogP contribution in [0.1, 0.15) is 0 Å². The number of hydrogen-bond donors (Lipinski definition) is 4. The molecule has 12 nitrogen and oxygen atoms in total. The van der Waals surface area contributed by atoms with Crippen molar-refractivity contribution in [3.8, 4) is 49.4 Å². The van der Waals surface area contributed by atoms with Crippen LogP contribution < -0.4 is 21.3 Å². The topological polar surface area (TPSA) is 129 Å². The number of rotatable bonds is 4. The second-order valence-corrected chi connectivity index (χ2v) is 7.40. The zero-order valence-electron chi connectivity index (χ0n) is 20.2. The largest absolute Gasteiger partial charge is 0.327 e. The molecule has 4 N–H and O–H groups in total. The fourth-order valence-corrected chi connectivity index (χ4v) is 3.18. The van der Waals surface area contributed by atoms with Crippen molar-refractivity contribution in [3.05, 3.63) is 0 Å². The highest BCUT2D eigenvalue weighted by atomic mass is 16.2. The first-order chi connectivity index (χ1) is 17.4. The van der Waals surface area contributed by atoms with Gasteiger partial charge in [-0.1, -0.05) is 23.7 Å². The number of urea groups is 4. The first-order valence-corrected chi connectivity index (χ1v) is 11.2. The molecule has 1 rings (SSSR count). The van der Waals surface area contributed by atoms with Gasteiger partial charge in [-0.15, -0.1) is 25.7 Å². The van der Waals surface area contributed by atoms with Crippen LogP contribution in [0.4, 0.5) is 19.2 Å². The van der Waals surface area contributed by atoms with Gasteiger partial charge in [0.15, 0.2) is 0 Å². The summed E-state index contributed by atoms with van der Waals surface area (Å²) in [7, 11) is 0. The highest BCUT2D eigenvalue weighted by molar-refractivity contribution is 5.77. The zero-order chi connectivity index (χ0) is 26.8. The van der Waals surface area contributed by atoms with E-state index in [-0.39, 0.29) is 78.5 Å². The summed E-state index contributed by atoms with van der Waals surface area (Å²) in [6.45, 7) is 1.23. The van der Waals surface area contributed by atoms with E-state index in [1.807, 2.05) is 0 Å². The average Bonchev–Trinajstić information content (AvgIpc) is 2.87. The molecule has 0 atom stereocenters. The highest BCUT2D eigenvalue weighted by Crippen LogP contribution is 2.03. The summed E-state index contributed by atoms with van der Waals surface area (Å²) < 4.78 is 0. The summed E-state index contributed by atoms with van der Waals surface area (Å²) in [5.74, 6) is 9.34. The maximum absolute atomic E-state index is 12.7. The summed E-state index contributed by atoms with van der Waals surface area (Å²) in [5.41, 5.74) is 0. The fourth-order valence-electron chi connectivity index (χ4n) is 3.18. The van der Waals surface area contributed by atoms with Crippen molar-refractivity contribution in [2.24, 2.45) is 0 Å². The number of nitrogens with one attached hydrogen (secondary N) is 4. The first kappa shape index (κ1) is 29.4. The third kappa shape index (κ3) is 10.5. The maximum Gasteiger partial charge on any atom is 0.318 e. The standard InChI is InChI=1S/C24H32N8O4/c1-5-9-25-21(33)29-13-15-30(22(34)26-10-6-2)17-19-32(24(36)28-12-8-4)20-18-31(16-14-29)23(35)27-11-7-3/h1-4H,9-20H2,(H,25,33)(H,26,34)(H,27,35)(H,28,36). The number of nitrogens with zero attached hydrogens (tertiary/aromatic N) is 4. The maximum atomic E-state index is 12.7. The van der Waals surface area contributed by atoms with Crippen molar-refractivity contribution < 1.29 is 19.2 Å². The van der Waals surface area contributed by atoms with Crippen LogP contribution in [0.3, 0.4) is 0 Å². The van der Waals surface area contributed by atoms with Gasteiger partial charge in [-0.05, 0) is 0 Å². The van der Waals surface area contributed by atoms with E-state index in [2.05, 4.69) is 44.9 Å². The molecule has 1 fully saturated rings. The Kier molecular flexibility index (Phi) is 13.7. The van der Waals surface area contributed by atoms with Gasteiger partial charge >= 0.3 is 24.1 Å². The minimum atomic E-state index is -0.437. The molecule has 1 aliphatic rings. The molecule has 8 amide bonds. The van der Waals surface area contributed by atoms with Gasteiger partial charge in [0.1, 0.15) is 0 Å². The molecule has 0 saturated carbocycles. The van der Waals surface area contributed by atoms with Crippen LogP contribution in [0.25, 0.3) is 0 Å². The molecule has 0 spiro atoms. The minimum Gasteiger partial charge on any atom is -0.327 e. The van der Waals surface area contributed by atoms with Crippen LogP contribution in [0.2, 0.25) is 0 Å². The molecule has 0 bridgehead atoms. The number of amides is 8. The Morgan fingerprint density at radius 3 is 0.750 bits per heavy atom. The summed E-state index contributed by atoms with van der Waals surface area (Å²) in [6.07, 6.45) is 21.0. The van der Waals surface area contributed by atoms with E-state index in [9.17, 15) is 19.2 Å². The molecule has 1 saturated heterocycles. The molecule has 1 heterocycles. The van der Waals surface area contributed by atoms with Gasteiger partial charge in [-0.2, -0.15) is 0 Å². The van der Waals surface area contributed by atoms with Crippen LogP contribution in [-0.4, -0.2) is 122 Å². The van der Waals surface area contributed by atoms with Crippen molar-refractivity contribution >= 4 is 24.1 Å². The molecule has 0 radical (unpaired) electrons. The Morgan fingerprint density at radius 2 is 0.611 bits per heavy atom. The Morgan fingerprint density at radius 1 is 0.444 bits per heavy atom. The van der Waals surface area contributed by atoms with E-state index in [1.165, 1.54) is 19.6 Å². The van der Waals surface area contributed by atoms with Gasteiger partial charge in [-0.3, -0.25) is 0 Å². The van der Waals surface area contributed by atoms with Crippen LogP contribution >= 0.6 is 0 Å². The summed E-state index contributed by atoms with van der Waals surface area (Å²) in [5, 5.41) is 10.4. The van der Waals surface area contributed by atoms with Crippen molar-refractivity contribution in [1.82, 2.24) is 40.9 Å². The van der Waals surface area contributed by atoms with Gasteiger partial charge in [0.2, 0.25) is 0 Å². The summed E-state index contributed by atoms with van der Waals surface area (Å²) in [4.78, 5) is 56.5. The highest BCUT2D eigenvalue weighted by Gasteiger charge is 2.24. The van der Waals surface area contributed by atoms with Crippen molar-refractivity contribution in [3.63, 3.8) is 0 Å². The molecule has 12 heteroatoms. The van der Waals surface area contributed by atoms with Gasteiger partial charge in [-0.25, -0.2) is 19.2 Å². The van der Waals surface area contributed by atoms with Gasteiger partial charge in [0, 0.05) is 52.4 Å². The molecule has 0 aliphatic carbocycles. The molecular weight excluding hydrogens is 464 g/mol. The van der Waals surface area contributed by atoms with E-state index < -0.39 is 24.1 Å². The number of terminal acetylenes is 4. The normalized spacial score (nSPS) is 14.3. The lowest BCUT2D eigenvalue weighted by atomic mass is 10.3. The minimum absolute atomic E-state index is 0.0236. The molecule has 0 aromatic carbocycles. The predicted molar refractivity (Wildman–Crippen MR) is 135 cm³/mol. The molecule has 0 aromatic heterocycles. The lowest BCUT2D eigenvalue weighted by Gasteiger charge is -2.34. The Labute approximate surface area is 212 Å². The predicted octanol–water partition coefficient (Wildman–Crippen LogP) is -1.42. The van der Waals surface area contributed by atoms with Gasteiger partial charge in [0.05, 0.1) is 26.2 Å². The number of hydrogen-bond acceptors (Lipinski definition) is 4. The number of carbonyl (C=O) groups is 4. The second kappa shape index (κ2) is 16.9. The van der Waals surface area contributed by atoms with Crippen LogP contribution in [0.15, 0.2) is 0 Å². The lowest BCUT2D eigenvalue weighted by molar-refractivity contribution is 0.144. The molecular formula is C24H32N8O4. The van der Waals surface area contributed by atoms with Crippen LogP contribution in [0.5, 0.6) is 0 Å². The quantitative estimate of drug-likeness (QED) is 0.356. The molecule has 0 unspecified atom stereocenters. The van der Waals surface area contributed by atoms with E-state index in [0.717, 1.165) is 0 Å². The number of carbonyl (C=O) groups excluding carboxylic acids is 4. The molecule has 1 aliphatic heterocycles. The average molecular weight is 497 g/mol. The van der Waals surface area contributed by atoms with E-state index in [4.69, 9.17) is 25.7 Å². The smallest absolute Gasteiger partial charge is 0.318 e. The third-order valence-corrected chi connectivity index (χ3v) is 5.07. The Hall–Kier alpha value is -4.68. The van der Waals surface area contributed by atoms with E-state index in [0.29, 0.717) is 0 Å². The van der Waals surface area contributed by atoms with Crippen molar-refractivity contribution in [2.45, 2.75) is 0 Å². The third-order valence-electron chi connectivity index (χ3n) is 5.07. The summed E-state index contributed by atoms with van der Waals surface area (Å²) in [6, 6.07) is -1.75. The van der Waals surface area contributed by atoms with Crippen molar-refractivity contribution in [2.75, 3.05) is 78.5 Å². The molecule has 192 valence electrons. The Balaban J connectivity index is 3.17. The second-order valence-electron chi connectivity index (χ2n) is 7.40. The van der Waals surface area contributed by atoms with E-state index >= 15 is 0 Å². The molecule has 0 aromatic rings. The fraction of sp³-hybridized carbons (Fsp3) is 0.500.